The number of halogens is 1. The highest BCUT2D eigenvalue weighted by molar-refractivity contribution is 6.04. The Hall–Kier alpha value is -4.02. The van der Waals surface area contributed by atoms with Crippen LogP contribution in [0.25, 0.3) is 27.7 Å². The number of rotatable bonds is 6. The molecule has 6 rings (SSSR count). The molecule has 4 heterocycles. The van der Waals surface area contributed by atoms with Gasteiger partial charge in [-0.25, -0.2) is 4.39 Å². The first-order chi connectivity index (χ1) is 18.9. The summed E-state index contributed by atoms with van der Waals surface area (Å²) in [6.07, 6.45) is 5.75. The van der Waals surface area contributed by atoms with E-state index in [0.29, 0.717) is 37.6 Å². The predicted molar refractivity (Wildman–Crippen MR) is 147 cm³/mol. The van der Waals surface area contributed by atoms with E-state index in [-0.39, 0.29) is 23.7 Å². The van der Waals surface area contributed by atoms with Crippen molar-refractivity contribution in [2.75, 3.05) is 32.0 Å². The molecular weight excluding hydrogens is 499 g/mol. The van der Waals surface area contributed by atoms with Gasteiger partial charge in [0.2, 0.25) is 0 Å². The number of hydrogen-bond donors (Lipinski definition) is 3. The number of nitrogens with one attached hydrogen (secondary N) is 1. The summed E-state index contributed by atoms with van der Waals surface area (Å²) in [5, 5.41) is 23.1. The van der Waals surface area contributed by atoms with Gasteiger partial charge in [-0.15, -0.1) is 0 Å². The Balaban J connectivity index is 1.52. The molecule has 1 amide bonds. The smallest absolute Gasteiger partial charge is 0.251 e. The fourth-order valence-corrected chi connectivity index (χ4v) is 5.77. The van der Waals surface area contributed by atoms with E-state index in [1.54, 1.807) is 17.0 Å². The lowest BCUT2D eigenvalue weighted by molar-refractivity contribution is -0.145. The van der Waals surface area contributed by atoms with E-state index >= 15 is 0 Å². The van der Waals surface area contributed by atoms with Crippen molar-refractivity contribution < 1.29 is 19.0 Å². The first kappa shape index (κ1) is 25.3. The highest BCUT2D eigenvalue weighted by Gasteiger charge is 2.35. The number of hydrogen-bond acceptors (Lipinski definition) is 6. The van der Waals surface area contributed by atoms with Crippen molar-refractivity contribution in [3.63, 3.8) is 0 Å². The minimum atomic E-state index is -1.02. The number of carbonyl (C=O) groups excluding carboxylic acids is 1. The van der Waals surface area contributed by atoms with Crippen LogP contribution in [0.1, 0.15) is 43.0 Å². The van der Waals surface area contributed by atoms with Gasteiger partial charge in [0.15, 0.2) is 0 Å². The molecule has 0 aliphatic carbocycles. The maximum atomic E-state index is 13.9. The molecule has 2 aliphatic heterocycles. The SMILES string of the molecule is CC(O)C(=O)N1CC(n2cc(-c3c(C4CCOCC4)n(-c4ccc(F)cc4)c4cc(C=N)c(N)cc34)cn2)C1. The zero-order valence-electron chi connectivity index (χ0n) is 21.7. The summed E-state index contributed by atoms with van der Waals surface area (Å²) in [7, 11) is 0. The maximum absolute atomic E-state index is 13.9. The van der Waals surface area contributed by atoms with E-state index in [1.165, 1.54) is 25.3 Å². The van der Waals surface area contributed by atoms with Gasteiger partial charge in [0.05, 0.1) is 17.8 Å². The largest absolute Gasteiger partial charge is 0.398 e. The molecule has 1 atom stereocenters. The molecule has 2 aromatic carbocycles. The molecule has 10 heteroatoms. The number of nitrogen functional groups attached to an aromatic ring is 1. The first-order valence-electron chi connectivity index (χ1n) is 13.2. The summed E-state index contributed by atoms with van der Waals surface area (Å²) in [6, 6.07) is 10.3. The molecular formula is C29H31FN6O3. The first-order valence-corrected chi connectivity index (χ1v) is 13.2. The second kappa shape index (κ2) is 9.94. The molecule has 1 unspecified atom stereocenters. The number of nitrogens with zero attached hydrogens (tertiary/aromatic N) is 4. The Kier molecular flexibility index (Phi) is 6.44. The van der Waals surface area contributed by atoms with Crippen LogP contribution in [-0.4, -0.2) is 68.9 Å². The van der Waals surface area contributed by atoms with Gasteiger partial charge in [-0.1, -0.05) is 0 Å². The highest BCUT2D eigenvalue weighted by atomic mass is 19.1. The predicted octanol–water partition coefficient (Wildman–Crippen LogP) is 3.87. The van der Waals surface area contributed by atoms with E-state index in [0.717, 1.165) is 46.3 Å². The Morgan fingerprint density at radius 2 is 1.95 bits per heavy atom. The van der Waals surface area contributed by atoms with Gasteiger partial charge < -0.3 is 30.5 Å². The number of nitrogens with two attached hydrogens (primary N) is 1. The average molecular weight is 531 g/mol. The van der Waals surface area contributed by atoms with E-state index in [9.17, 15) is 14.3 Å². The number of aromatic nitrogens is 3. The Bertz CT molecular complexity index is 1550. The monoisotopic (exact) mass is 530 g/mol. The quantitative estimate of drug-likeness (QED) is 0.258. The highest BCUT2D eigenvalue weighted by Crippen LogP contribution is 2.44. The second-order valence-electron chi connectivity index (χ2n) is 10.4. The minimum Gasteiger partial charge on any atom is -0.398 e. The zero-order chi connectivity index (χ0) is 27.3. The molecule has 202 valence electrons. The molecule has 4 aromatic rings. The Labute approximate surface area is 225 Å². The molecule has 9 nitrogen and oxygen atoms in total. The van der Waals surface area contributed by atoms with Crippen molar-refractivity contribution in [2.24, 2.45) is 0 Å². The van der Waals surface area contributed by atoms with Gasteiger partial charge >= 0.3 is 0 Å². The molecule has 0 spiro atoms. The third kappa shape index (κ3) is 4.39. The van der Waals surface area contributed by atoms with Crippen LogP contribution in [0.4, 0.5) is 10.1 Å². The lowest BCUT2D eigenvalue weighted by atomic mass is 9.90. The Morgan fingerprint density at radius 3 is 2.62 bits per heavy atom. The topological polar surface area (TPSA) is 122 Å². The number of fused-ring (bicyclic) bond motifs is 1. The molecule has 2 aromatic heterocycles. The van der Waals surface area contributed by atoms with Crippen LogP contribution in [0, 0.1) is 11.2 Å². The van der Waals surface area contributed by atoms with Crippen molar-refractivity contribution in [3.05, 3.63) is 65.9 Å². The lowest BCUT2D eigenvalue weighted by Gasteiger charge is -2.39. The summed E-state index contributed by atoms with van der Waals surface area (Å²) in [5.74, 6) is -0.403. The number of anilines is 1. The van der Waals surface area contributed by atoms with Crippen LogP contribution in [0.15, 0.2) is 48.8 Å². The standard InChI is InChI=1S/C29H31FN6O3/c1-17(37)29(38)34-15-23(16-34)35-14-20(13-33-35)27-24-11-25(32)19(12-31)10-26(24)36(22-4-2-21(30)3-5-22)28(27)18-6-8-39-9-7-18/h2-5,10-14,17-18,23,31,37H,6-9,15-16,32H2,1H3. The molecule has 2 saturated heterocycles. The van der Waals surface area contributed by atoms with E-state index in [1.807, 2.05) is 29.2 Å². The van der Waals surface area contributed by atoms with Gasteiger partial charge in [0.1, 0.15) is 11.9 Å². The van der Waals surface area contributed by atoms with Crippen molar-refractivity contribution in [1.82, 2.24) is 19.2 Å². The number of likely N-dealkylation sites (tertiary alicyclic amines) is 1. The third-order valence-corrected chi connectivity index (χ3v) is 7.85. The summed E-state index contributed by atoms with van der Waals surface area (Å²) < 4.78 is 23.7. The zero-order valence-corrected chi connectivity index (χ0v) is 21.7. The van der Waals surface area contributed by atoms with Crippen LogP contribution < -0.4 is 5.73 Å². The molecule has 0 saturated carbocycles. The second-order valence-corrected chi connectivity index (χ2v) is 10.4. The van der Waals surface area contributed by atoms with Crippen molar-refractivity contribution in [1.29, 1.82) is 5.41 Å². The maximum Gasteiger partial charge on any atom is 0.251 e. The number of benzene rings is 2. The van der Waals surface area contributed by atoms with Crippen LogP contribution in [0.3, 0.4) is 0 Å². The van der Waals surface area contributed by atoms with Gasteiger partial charge in [0.25, 0.3) is 5.91 Å². The third-order valence-electron chi connectivity index (χ3n) is 7.85. The van der Waals surface area contributed by atoms with Gasteiger partial charge in [0, 0.05) is 83.8 Å². The van der Waals surface area contributed by atoms with E-state index in [4.69, 9.17) is 15.9 Å². The number of aliphatic hydroxyl groups excluding tert-OH is 1. The number of aliphatic hydroxyl groups is 1. The lowest BCUT2D eigenvalue weighted by Crippen LogP contribution is -2.53. The van der Waals surface area contributed by atoms with Crippen LogP contribution in [-0.2, 0) is 9.53 Å². The van der Waals surface area contributed by atoms with Gasteiger partial charge in [-0.3, -0.25) is 9.48 Å². The molecule has 0 bridgehead atoms. The summed E-state index contributed by atoms with van der Waals surface area (Å²) in [4.78, 5) is 13.7. The van der Waals surface area contributed by atoms with Crippen molar-refractivity contribution in [2.45, 2.75) is 37.8 Å². The van der Waals surface area contributed by atoms with E-state index < -0.39 is 6.10 Å². The van der Waals surface area contributed by atoms with Crippen LogP contribution in [0.5, 0.6) is 0 Å². The average Bonchev–Trinajstić information content (AvgIpc) is 3.50. The molecule has 4 N–H and O–H groups in total. The number of carbonyl (C=O) groups is 1. The van der Waals surface area contributed by atoms with Crippen LogP contribution in [0.2, 0.25) is 0 Å². The normalized spacial score (nSPS) is 17.4. The Morgan fingerprint density at radius 1 is 1.23 bits per heavy atom. The fourth-order valence-electron chi connectivity index (χ4n) is 5.77. The van der Waals surface area contributed by atoms with Gasteiger partial charge in [-0.05, 0) is 56.2 Å². The summed E-state index contributed by atoms with van der Waals surface area (Å²) in [6.45, 7) is 3.76. The fraction of sp³-hybridized carbons (Fsp3) is 0.345. The molecule has 2 fully saturated rings. The van der Waals surface area contributed by atoms with Gasteiger partial charge in [-0.2, -0.15) is 5.10 Å². The van der Waals surface area contributed by atoms with E-state index in [2.05, 4.69) is 9.67 Å². The van der Waals surface area contributed by atoms with Crippen molar-refractivity contribution >= 4 is 28.7 Å². The number of amides is 1. The van der Waals surface area contributed by atoms with Crippen molar-refractivity contribution in [3.8, 4) is 16.8 Å². The number of ether oxygens (including phenoxy) is 1. The minimum absolute atomic E-state index is 0.0213. The molecule has 2 aliphatic rings. The van der Waals surface area contributed by atoms with Crippen LogP contribution >= 0.6 is 0 Å². The summed E-state index contributed by atoms with van der Waals surface area (Å²) >= 11 is 0. The molecule has 39 heavy (non-hydrogen) atoms. The molecule has 0 radical (unpaired) electrons. The summed E-state index contributed by atoms with van der Waals surface area (Å²) in [5.41, 5.74) is 12.2.